The first-order valence-corrected chi connectivity index (χ1v) is 9.13. The molecule has 0 aromatic heterocycles. The molecular weight excluding hydrogens is 302 g/mol. The van der Waals surface area contributed by atoms with Gasteiger partial charge in [0.05, 0.1) is 46.5 Å². The summed E-state index contributed by atoms with van der Waals surface area (Å²) < 4.78 is 11.9. The molecule has 0 fully saturated rings. The van der Waals surface area contributed by atoms with Crippen molar-refractivity contribution in [2.24, 2.45) is 0 Å². The number of carbonyl (C=O) groups is 1. The van der Waals surface area contributed by atoms with Crippen molar-refractivity contribution < 1.29 is 18.8 Å². The summed E-state index contributed by atoms with van der Waals surface area (Å²) in [6.07, 6.45) is 6.72. The van der Waals surface area contributed by atoms with Crippen LogP contribution in [-0.4, -0.2) is 51.4 Å². The molecule has 4 nitrogen and oxygen atoms in total. The number of hydrogen-bond acceptors (Lipinski definition) is 3. The lowest BCUT2D eigenvalue weighted by Gasteiger charge is -2.23. The molecule has 0 amide bonds. The molecule has 0 spiro atoms. The largest absolute Gasteiger partial charge is 0.494 e. The van der Waals surface area contributed by atoms with E-state index >= 15 is 0 Å². The van der Waals surface area contributed by atoms with Crippen molar-refractivity contribution in [3.05, 3.63) is 29.8 Å². The van der Waals surface area contributed by atoms with Crippen LogP contribution in [0.25, 0.3) is 0 Å². The van der Waals surface area contributed by atoms with Crippen molar-refractivity contribution in [1.29, 1.82) is 0 Å². The number of quaternary nitrogens is 1. The highest BCUT2D eigenvalue weighted by Crippen LogP contribution is 2.14. The first-order valence-electron chi connectivity index (χ1n) is 9.13. The molecule has 24 heavy (non-hydrogen) atoms. The van der Waals surface area contributed by atoms with Gasteiger partial charge in [0.15, 0.2) is 0 Å². The van der Waals surface area contributed by atoms with Gasteiger partial charge in [0.25, 0.3) is 0 Å². The number of ether oxygens (including phenoxy) is 2. The smallest absolute Gasteiger partial charge is 0.338 e. The van der Waals surface area contributed by atoms with Crippen LogP contribution in [0.15, 0.2) is 24.3 Å². The van der Waals surface area contributed by atoms with Crippen LogP contribution in [0.5, 0.6) is 5.75 Å². The Morgan fingerprint density at radius 3 is 2.21 bits per heavy atom. The first-order chi connectivity index (χ1) is 11.4. The minimum Gasteiger partial charge on any atom is -0.494 e. The van der Waals surface area contributed by atoms with Gasteiger partial charge in [-0.1, -0.05) is 26.2 Å². The molecule has 1 rings (SSSR count). The zero-order valence-corrected chi connectivity index (χ0v) is 15.8. The second-order valence-corrected chi connectivity index (χ2v) is 7.29. The predicted molar refractivity (Wildman–Crippen MR) is 98.5 cm³/mol. The van der Waals surface area contributed by atoms with Crippen LogP contribution in [0.2, 0.25) is 0 Å². The average molecular weight is 336 g/mol. The molecule has 1 aromatic carbocycles. The van der Waals surface area contributed by atoms with Gasteiger partial charge in [0.2, 0.25) is 0 Å². The Kier molecular flexibility index (Phi) is 9.46. The molecule has 0 saturated carbocycles. The molecule has 0 unspecified atom stereocenters. The van der Waals surface area contributed by atoms with Crippen molar-refractivity contribution in [3.63, 3.8) is 0 Å². The molecule has 0 saturated heterocycles. The zero-order chi connectivity index (χ0) is 17.8. The Morgan fingerprint density at radius 1 is 0.917 bits per heavy atom. The van der Waals surface area contributed by atoms with E-state index in [-0.39, 0.29) is 5.97 Å². The summed E-state index contributed by atoms with van der Waals surface area (Å²) in [4.78, 5) is 12.0. The third-order valence-corrected chi connectivity index (χ3v) is 3.81. The van der Waals surface area contributed by atoms with Crippen molar-refractivity contribution in [2.75, 3.05) is 40.9 Å². The van der Waals surface area contributed by atoms with Gasteiger partial charge in [-0.25, -0.2) is 4.79 Å². The number of unbranched alkanes of at least 4 members (excludes halogenated alkanes) is 4. The van der Waals surface area contributed by atoms with Crippen molar-refractivity contribution in [3.8, 4) is 5.75 Å². The van der Waals surface area contributed by atoms with E-state index in [1.165, 1.54) is 19.3 Å². The number of rotatable bonds is 12. The van der Waals surface area contributed by atoms with Crippen LogP contribution >= 0.6 is 0 Å². The van der Waals surface area contributed by atoms with Gasteiger partial charge in [-0.3, -0.25) is 0 Å². The minimum atomic E-state index is -0.255. The average Bonchev–Trinajstić information content (AvgIpc) is 2.53. The van der Waals surface area contributed by atoms with Gasteiger partial charge in [-0.15, -0.1) is 0 Å². The fraction of sp³-hybridized carbons (Fsp3) is 0.650. The standard InChI is InChI=1S/C20H34NO3/c1-5-6-7-9-16-23-19-13-11-18(12-14-19)20(22)24-17-10-8-15-21(2,3)4/h11-14H,5-10,15-17H2,1-4H3/q+1. The molecule has 0 aliphatic heterocycles. The summed E-state index contributed by atoms with van der Waals surface area (Å²) in [5.74, 6) is 0.556. The molecule has 0 N–H and O–H groups in total. The number of esters is 1. The lowest BCUT2D eigenvalue weighted by atomic mass is 10.2. The van der Waals surface area contributed by atoms with Crippen LogP contribution in [0, 0.1) is 0 Å². The third-order valence-electron chi connectivity index (χ3n) is 3.81. The van der Waals surface area contributed by atoms with E-state index in [4.69, 9.17) is 9.47 Å². The maximum atomic E-state index is 12.0. The van der Waals surface area contributed by atoms with Gasteiger partial charge in [-0.2, -0.15) is 0 Å². The maximum Gasteiger partial charge on any atom is 0.338 e. The van der Waals surface area contributed by atoms with Gasteiger partial charge in [0.1, 0.15) is 5.75 Å². The van der Waals surface area contributed by atoms with Crippen LogP contribution in [0.3, 0.4) is 0 Å². The molecule has 0 bridgehead atoms. The van der Waals surface area contributed by atoms with Crippen molar-refractivity contribution in [2.45, 2.75) is 45.4 Å². The Labute approximate surface area is 147 Å². The number of benzene rings is 1. The van der Waals surface area contributed by atoms with E-state index in [1.807, 2.05) is 12.1 Å². The Balaban J connectivity index is 2.23. The second-order valence-electron chi connectivity index (χ2n) is 7.29. The summed E-state index contributed by atoms with van der Waals surface area (Å²) in [5.41, 5.74) is 0.583. The lowest BCUT2D eigenvalue weighted by molar-refractivity contribution is -0.870. The fourth-order valence-corrected chi connectivity index (χ4v) is 2.34. The molecule has 0 radical (unpaired) electrons. The molecule has 0 aliphatic rings. The highest BCUT2D eigenvalue weighted by atomic mass is 16.5. The Bertz CT molecular complexity index is 463. The topological polar surface area (TPSA) is 35.5 Å². The minimum absolute atomic E-state index is 0.255. The zero-order valence-electron chi connectivity index (χ0n) is 15.8. The Hall–Kier alpha value is -1.55. The molecule has 1 aromatic rings. The molecule has 4 heteroatoms. The fourth-order valence-electron chi connectivity index (χ4n) is 2.34. The SMILES string of the molecule is CCCCCCOc1ccc(C(=O)OCCCC[N+](C)(C)C)cc1. The molecule has 136 valence electrons. The summed E-state index contributed by atoms with van der Waals surface area (Å²) in [7, 11) is 6.50. The van der Waals surface area contributed by atoms with E-state index in [9.17, 15) is 4.79 Å². The summed E-state index contributed by atoms with van der Waals surface area (Å²) in [6, 6.07) is 7.23. The summed E-state index contributed by atoms with van der Waals surface area (Å²) in [6.45, 7) is 4.49. The van der Waals surface area contributed by atoms with E-state index in [0.717, 1.165) is 42.6 Å². The Morgan fingerprint density at radius 2 is 1.58 bits per heavy atom. The number of carbonyl (C=O) groups excluding carboxylic acids is 1. The molecule has 0 aliphatic carbocycles. The lowest BCUT2D eigenvalue weighted by Crippen LogP contribution is -2.35. The summed E-state index contributed by atoms with van der Waals surface area (Å²) in [5, 5.41) is 0. The summed E-state index contributed by atoms with van der Waals surface area (Å²) >= 11 is 0. The highest BCUT2D eigenvalue weighted by molar-refractivity contribution is 5.89. The third kappa shape index (κ3) is 9.56. The first kappa shape index (κ1) is 20.5. The van der Waals surface area contributed by atoms with Crippen LogP contribution in [0.4, 0.5) is 0 Å². The van der Waals surface area contributed by atoms with Crippen LogP contribution < -0.4 is 4.74 Å². The van der Waals surface area contributed by atoms with Gasteiger partial charge >= 0.3 is 5.97 Å². The molecular formula is C20H34NO3+. The predicted octanol–water partition coefficient (Wildman–Crippen LogP) is 4.29. The molecule has 0 heterocycles. The maximum absolute atomic E-state index is 12.0. The van der Waals surface area contributed by atoms with Gasteiger partial charge in [0, 0.05) is 0 Å². The van der Waals surface area contributed by atoms with E-state index in [2.05, 4.69) is 28.1 Å². The van der Waals surface area contributed by atoms with E-state index < -0.39 is 0 Å². The van der Waals surface area contributed by atoms with E-state index in [0.29, 0.717) is 12.2 Å². The molecule has 0 atom stereocenters. The number of nitrogens with zero attached hydrogens (tertiary/aromatic N) is 1. The van der Waals surface area contributed by atoms with Crippen molar-refractivity contribution in [1.82, 2.24) is 0 Å². The van der Waals surface area contributed by atoms with Crippen LogP contribution in [0.1, 0.15) is 55.8 Å². The van der Waals surface area contributed by atoms with E-state index in [1.54, 1.807) is 12.1 Å². The second kappa shape index (κ2) is 11.1. The number of hydrogen-bond donors (Lipinski definition) is 0. The van der Waals surface area contributed by atoms with Gasteiger partial charge < -0.3 is 14.0 Å². The quantitative estimate of drug-likeness (QED) is 0.324. The van der Waals surface area contributed by atoms with Crippen LogP contribution in [-0.2, 0) is 4.74 Å². The highest BCUT2D eigenvalue weighted by Gasteiger charge is 2.09. The normalized spacial score (nSPS) is 11.3. The van der Waals surface area contributed by atoms with Gasteiger partial charge in [-0.05, 0) is 43.5 Å². The monoisotopic (exact) mass is 336 g/mol. The van der Waals surface area contributed by atoms with Crippen molar-refractivity contribution >= 4 is 5.97 Å².